The molecule has 0 fully saturated rings. The fourth-order valence-corrected chi connectivity index (χ4v) is 1.97. The summed E-state index contributed by atoms with van der Waals surface area (Å²) in [6.45, 7) is 0. The first kappa shape index (κ1) is 12.7. The first-order chi connectivity index (χ1) is 10.1. The van der Waals surface area contributed by atoms with Crippen LogP contribution < -0.4 is 0 Å². The van der Waals surface area contributed by atoms with E-state index in [2.05, 4.69) is 10.2 Å². The average Bonchev–Trinajstić information content (AvgIpc) is 2.90. The van der Waals surface area contributed by atoms with E-state index >= 15 is 0 Å². The van der Waals surface area contributed by atoms with Gasteiger partial charge in [0.1, 0.15) is 0 Å². The van der Waals surface area contributed by atoms with Gasteiger partial charge in [-0.3, -0.25) is 24.6 Å². The molecule has 3 rings (SSSR count). The van der Waals surface area contributed by atoms with E-state index in [1.165, 1.54) is 12.1 Å². The molecule has 0 unspecified atom stereocenters. The molecule has 9 heteroatoms. The summed E-state index contributed by atoms with van der Waals surface area (Å²) in [7, 11) is 0. The van der Waals surface area contributed by atoms with Crippen LogP contribution >= 0.6 is 0 Å². The summed E-state index contributed by atoms with van der Waals surface area (Å²) in [4.78, 5) is 20.4. The highest BCUT2D eigenvalue weighted by Gasteiger charge is 2.19. The van der Waals surface area contributed by atoms with Crippen LogP contribution in [0.5, 0.6) is 0 Å². The van der Waals surface area contributed by atoms with Gasteiger partial charge in [0.2, 0.25) is 0 Å². The molecule has 0 saturated heterocycles. The summed E-state index contributed by atoms with van der Waals surface area (Å²) in [5, 5.41) is 29.7. The van der Waals surface area contributed by atoms with Gasteiger partial charge in [0.15, 0.2) is 11.5 Å². The molecule has 0 atom stereocenters. The first-order valence-corrected chi connectivity index (χ1v) is 5.80. The standard InChI is InChI=1S/C12H7N5O4/c18-16(19)9-5-8(6-10(7-9)17(20)21)12-14-13-11-3-1-2-4-15(11)12/h1-7H. The predicted molar refractivity (Wildman–Crippen MR) is 71.7 cm³/mol. The van der Waals surface area contributed by atoms with Crippen LogP contribution in [0.2, 0.25) is 0 Å². The minimum absolute atomic E-state index is 0.259. The zero-order valence-electron chi connectivity index (χ0n) is 10.4. The molecule has 2 aromatic heterocycles. The molecule has 104 valence electrons. The fraction of sp³-hybridized carbons (Fsp3) is 0. The van der Waals surface area contributed by atoms with Gasteiger partial charge >= 0.3 is 0 Å². The van der Waals surface area contributed by atoms with Crippen LogP contribution in [0.15, 0.2) is 42.6 Å². The lowest BCUT2D eigenvalue weighted by molar-refractivity contribution is -0.394. The monoisotopic (exact) mass is 285 g/mol. The third-order valence-electron chi connectivity index (χ3n) is 2.90. The second-order valence-corrected chi connectivity index (χ2v) is 4.20. The van der Waals surface area contributed by atoms with Crippen LogP contribution in [-0.2, 0) is 0 Å². The van der Waals surface area contributed by atoms with Crippen LogP contribution in [0.3, 0.4) is 0 Å². The Morgan fingerprint density at radius 3 is 2.24 bits per heavy atom. The first-order valence-electron chi connectivity index (χ1n) is 5.80. The number of benzene rings is 1. The lowest BCUT2D eigenvalue weighted by Gasteiger charge is -2.00. The average molecular weight is 285 g/mol. The largest absolute Gasteiger partial charge is 0.282 e. The fourth-order valence-electron chi connectivity index (χ4n) is 1.97. The highest BCUT2D eigenvalue weighted by Crippen LogP contribution is 2.28. The van der Waals surface area contributed by atoms with Crippen molar-refractivity contribution in [3.05, 3.63) is 62.8 Å². The normalized spacial score (nSPS) is 10.7. The smallest absolute Gasteiger partial charge is 0.277 e. The van der Waals surface area contributed by atoms with E-state index in [0.29, 0.717) is 11.5 Å². The van der Waals surface area contributed by atoms with E-state index in [0.717, 1.165) is 6.07 Å². The molecular weight excluding hydrogens is 278 g/mol. The number of hydrogen-bond donors (Lipinski definition) is 0. The number of nitro benzene ring substituents is 2. The number of nitro groups is 2. The van der Waals surface area contributed by atoms with Crippen LogP contribution in [0, 0.1) is 20.2 Å². The Bertz CT molecular complexity index is 841. The molecule has 0 N–H and O–H groups in total. The Labute approximate surface area is 116 Å². The Morgan fingerprint density at radius 2 is 1.62 bits per heavy atom. The Hall–Kier alpha value is -3.36. The van der Waals surface area contributed by atoms with Crippen LogP contribution in [0.25, 0.3) is 17.0 Å². The van der Waals surface area contributed by atoms with Crippen molar-refractivity contribution in [2.24, 2.45) is 0 Å². The van der Waals surface area contributed by atoms with Gasteiger partial charge in [-0.2, -0.15) is 0 Å². The maximum Gasteiger partial charge on any atom is 0.277 e. The number of aromatic nitrogens is 3. The molecule has 0 spiro atoms. The lowest BCUT2D eigenvalue weighted by Crippen LogP contribution is -1.95. The van der Waals surface area contributed by atoms with Crippen molar-refractivity contribution in [1.29, 1.82) is 0 Å². The van der Waals surface area contributed by atoms with Gasteiger partial charge in [-0.1, -0.05) is 6.07 Å². The second kappa shape index (κ2) is 4.63. The van der Waals surface area contributed by atoms with Crippen molar-refractivity contribution in [2.75, 3.05) is 0 Å². The van der Waals surface area contributed by atoms with Gasteiger partial charge in [0.25, 0.3) is 11.4 Å². The van der Waals surface area contributed by atoms with E-state index in [1.54, 1.807) is 28.8 Å². The van der Waals surface area contributed by atoms with E-state index in [1.807, 2.05) is 0 Å². The quantitative estimate of drug-likeness (QED) is 0.538. The highest BCUT2D eigenvalue weighted by atomic mass is 16.6. The third-order valence-corrected chi connectivity index (χ3v) is 2.90. The molecule has 0 aliphatic rings. The topological polar surface area (TPSA) is 116 Å². The van der Waals surface area contributed by atoms with Gasteiger partial charge in [-0.05, 0) is 12.1 Å². The van der Waals surface area contributed by atoms with Gasteiger partial charge in [0.05, 0.1) is 15.9 Å². The van der Waals surface area contributed by atoms with E-state index in [9.17, 15) is 20.2 Å². The summed E-state index contributed by atoms with van der Waals surface area (Å²) in [6.07, 6.45) is 1.68. The summed E-state index contributed by atoms with van der Waals surface area (Å²) in [5.41, 5.74) is 0.0648. The zero-order valence-corrected chi connectivity index (χ0v) is 10.4. The van der Waals surface area contributed by atoms with Crippen LogP contribution in [0.1, 0.15) is 0 Å². The molecular formula is C12H7N5O4. The molecule has 0 radical (unpaired) electrons. The van der Waals surface area contributed by atoms with Crippen molar-refractivity contribution < 1.29 is 9.85 Å². The SMILES string of the molecule is O=[N+]([O-])c1cc(-c2nnc3ccccn23)cc([N+](=O)[O-])c1. The Balaban J connectivity index is 2.26. The Morgan fingerprint density at radius 1 is 0.952 bits per heavy atom. The molecule has 0 aliphatic carbocycles. The summed E-state index contributed by atoms with van der Waals surface area (Å²) in [5.74, 6) is 0.303. The molecule has 0 saturated carbocycles. The summed E-state index contributed by atoms with van der Waals surface area (Å²) >= 11 is 0. The molecule has 21 heavy (non-hydrogen) atoms. The number of nitrogens with zero attached hydrogens (tertiary/aromatic N) is 5. The number of pyridine rings is 1. The lowest BCUT2D eigenvalue weighted by atomic mass is 10.1. The molecule has 0 bridgehead atoms. The van der Waals surface area contributed by atoms with E-state index < -0.39 is 9.85 Å². The summed E-state index contributed by atoms with van der Waals surface area (Å²) < 4.78 is 1.60. The van der Waals surface area contributed by atoms with E-state index in [-0.39, 0.29) is 16.9 Å². The number of fused-ring (bicyclic) bond motifs is 1. The molecule has 2 heterocycles. The maximum atomic E-state index is 10.9. The van der Waals surface area contributed by atoms with Crippen LogP contribution in [-0.4, -0.2) is 24.4 Å². The van der Waals surface area contributed by atoms with Gasteiger partial charge in [-0.25, -0.2) is 0 Å². The second-order valence-electron chi connectivity index (χ2n) is 4.20. The minimum Gasteiger partial charge on any atom is -0.282 e. The number of non-ortho nitro benzene ring substituents is 2. The van der Waals surface area contributed by atoms with Crippen LogP contribution in [0.4, 0.5) is 11.4 Å². The van der Waals surface area contributed by atoms with Crippen molar-refractivity contribution in [1.82, 2.24) is 14.6 Å². The zero-order chi connectivity index (χ0) is 15.0. The molecule has 1 aromatic carbocycles. The predicted octanol–water partition coefficient (Wildman–Crippen LogP) is 2.21. The van der Waals surface area contributed by atoms with Gasteiger partial charge < -0.3 is 0 Å². The molecule has 0 aliphatic heterocycles. The minimum atomic E-state index is -0.681. The van der Waals surface area contributed by atoms with Crippen molar-refractivity contribution in [2.45, 2.75) is 0 Å². The van der Waals surface area contributed by atoms with E-state index in [4.69, 9.17) is 0 Å². The Kier molecular flexibility index (Phi) is 2.79. The highest BCUT2D eigenvalue weighted by molar-refractivity contribution is 5.66. The number of rotatable bonds is 3. The van der Waals surface area contributed by atoms with Crippen molar-refractivity contribution >= 4 is 17.0 Å². The van der Waals surface area contributed by atoms with Crippen molar-refractivity contribution in [3.8, 4) is 11.4 Å². The molecule has 0 amide bonds. The number of hydrogen-bond acceptors (Lipinski definition) is 6. The summed E-state index contributed by atoms with van der Waals surface area (Å²) in [6, 6.07) is 8.59. The molecule has 9 nitrogen and oxygen atoms in total. The van der Waals surface area contributed by atoms with Gasteiger partial charge in [-0.15, -0.1) is 10.2 Å². The third kappa shape index (κ3) is 2.16. The molecule has 3 aromatic rings. The maximum absolute atomic E-state index is 10.9. The van der Waals surface area contributed by atoms with Gasteiger partial charge in [0, 0.05) is 23.9 Å². The van der Waals surface area contributed by atoms with Crippen molar-refractivity contribution in [3.63, 3.8) is 0 Å².